The Labute approximate surface area is 122 Å². The topological polar surface area (TPSA) is 73.4 Å². The summed E-state index contributed by atoms with van der Waals surface area (Å²) in [5.41, 5.74) is 8.19. The molecule has 2 heterocycles. The first-order valence-electron chi connectivity index (χ1n) is 6.97. The Bertz CT molecular complexity index is 677. The van der Waals surface area contributed by atoms with Gasteiger partial charge in [-0.25, -0.2) is 4.68 Å². The van der Waals surface area contributed by atoms with Crippen LogP contribution in [0.2, 0.25) is 0 Å². The first-order chi connectivity index (χ1) is 10.2. The van der Waals surface area contributed by atoms with Crippen LogP contribution in [0.3, 0.4) is 0 Å². The minimum absolute atomic E-state index is 0.123. The second kappa shape index (κ2) is 5.97. The molecule has 6 heteroatoms. The number of hydrogen-bond acceptors (Lipinski definition) is 5. The van der Waals surface area contributed by atoms with E-state index >= 15 is 0 Å². The zero-order valence-electron chi connectivity index (χ0n) is 11.7. The highest BCUT2D eigenvalue weighted by Crippen LogP contribution is 2.13. The molecule has 2 aromatic rings. The van der Waals surface area contributed by atoms with E-state index in [1.807, 2.05) is 24.3 Å². The highest BCUT2D eigenvalue weighted by molar-refractivity contribution is 5.47. The van der Waals surface area contributed by atoms with E-state index in [-0.39, 0.29) is 5.56 Å². The van der Waals surface area contributed by atoms with Crippen LogP contribution >= 0.6 is 0 Å². The zero-order valence-corrected chi connectivity index (χ0v) is 11.7. The number of aromatic nitrogens is 2. The Morgan fingerprint density at radius 2 is 2.00 bits per heavy atom. The van der Waals surface area contributed by atoms with Crippen molar-refractivity contribution in [3.63, 3.8) is 0 Å². The molecule has 1 aromatic heterocycles. The molecule has 0 bridgehead atoms. The minimum Gasteiger partial charge on any atom is -0.398 e. The van der Waals surface area contributed by atoms with Crippen LogP contribution in [0.15, 0.2) is 41.3 Å². The number of rotatable bonds is 3. The molecule has 0 saturated carbocycles. The standard InChI is InChI=1S/C15H18N4O2/c16-14-4-2-1-3-12(14)11-19-15(20)9-13(10-17-19)18-5-7-21-8-6-18/h1-4,9-10H,5-8,11,16H2. The van der Waals surface area contributed by atoms with Gasteiger partial charge in [-0.3, -0.25) is 4.79 Å². The van der Waals surface area contributed by atoms with E-state index in [9.17, 15) is 4.79 Å². The van der Waals surface area contributed by atoms with E-state index in [2.05, 4.69) is 10.00 Å². The molecule has 0 aliphatic carbocycles. The van der Waals surface area contributed by atoms with Crippen LogP contribution in [0.4, 0.5) is 11.4 Å². The van der Waals surface area contributed by atoms with Crippen molar-refractivity contribution in [2.24, 2.45) is 0 Å². The maximum atomic E-state index is 12.2. The smallest absolute Gasteiger partial charge is 0.269 e. The molecule has 3 rings (SSSR count). The van der Waals surface area contributed by atoms with E-state index in [1.165, 1.54) is 4.68 Å². The number of anilines is 2. The van der Waals surface area contributed by atoms with Gasteiger partial charge < -0.3 is 15.4 Å². The lowest BCUT2D eigenvalue weighted by Crippen LogP contribution is -2.37. The number of benzene rings is 1. The molecule has 0 atom stereocenters. The van der Waals surface area contributed by atoms with Gasteiger partial charge in [0.05, 0.1) is 31.6 Å². The fraction of sp³-hybridized carbons (Fsp3) is 0.333. The maximum Gasteiger partial charge on any atom is 0.269 e. The van der Waals surface area contributed by atoms with Gasteiger partial charge >= 0.3 is 0 Å². The SMILES string of the molecule is Nc1ccccc1Cn1ncc(N2CCOCC2)cc1=O. The highest BCUT2D eigenvalue weighted by atomic mass is 16.5. The number of hydrogen-bond donors (Lipinski definition) is 1. The van der Waals surface area contributed by atoms with Crippen LogP contribution in [0.25, 0.3) is 0 Å². The number of ether oxygens (including phenoxy) is 1. The Morgan fingerprint density at radius 1 is 1.24 bits per heavy atom. The fourth-order valence-corrected chi connectivity index (χ4v) is 2.38. The van der Waals surface area contributed by atoms with E-state index in [1.54, 1.807) is 12.3 Å². The average molecular weight is 286 g/mol. The van der Waals surface area contributed by atoms with Crippen molar-refractivity contribution in [3.05, 3.63) is 52.4 Å². The van der Waals surface area contributed by atoms with Crippen LogP contribution in [0.1, 0.15) is 5.56 Å². The molecule has 1 fully saturated rings. The summed E-state index contributed by atoms with van der Waals surface area (Å²) in [5.74, 6) is 0. The Kier molecular flexibility index (Phi) is 3.87. The number of nitrogens with two attached hydrogens (primary N) is 1. The quantitative estimate of drug-likeness (QED) is 0.841. The molecule has 6 nitrogen and oxygen atoms in total. The minimum atomic E-state index is -0.123. The third-order valence-electron chi connectivity index (χ3n) is 3.61. The van der Waals surface area contributed by atoms with E-state index in [0.717, 1.165) is 24.3 Å². The number of nitrogens with zero attached hydrogens (tertiary/aromatic N) is 3. The summed E-state index contributed by atoms with van der Waals surface area (Å²) in [7, 11) is 0. The monoisotopic (exact) mass is 286 g/mol. The fourth-order valence-electron chi connectivity index (χ4n) is 2.38. The van der Waals surface area contributed by atoms with Crippen molar-refractivity contribution < 1.29 is 4.74 Å². The average Bonchev–Trinajstić information content (AvgIpc) is 2.52. The lowest BCUT2D eigenvalue weighted by Gasteiger charge is -2.28. The molecule has 0 spiro atoms. The van der Waals surface area contributed by atoms with Crippen molar-refractivity contribution in [3.8, 4) is 0 Å². The van der Waals surface area contributed by atoms with Gasteiger partial charge in [-0.15, -0.1) is 0 Å². The summed E-state index contributed by atoms with van der Waals surface area (Å²) in [6.45, 7) is 3.33. The maximum absolute atomic E-state index is 12.2. The van der Waals surface area contributed by atoms with Crippen LogP contribution in [0.5, 0.6) is 0 Å². The molecule has 0 unspecified atom stereocenters. The Balaban J connectivity index is 1.81. The first-order valence-corrected chi connectivity index (χ1v) is 6.97. The van der Waals surface area contributed by atoms with Gasteiger partial charge in [0.2, 0.25) is 0 Å². The summed E-state index contributed by atoms with van der Waals surface area (Å²) in [5, 5.41) is 4.26. The number of nitrogen functional groups attached to an aromatic ring is 1. The van der Waals surface area contributed by atoms with Crippen LogP contribution in [0, 0.1) is 0 Å². The molecule has 1 aliphatic heterocycles. The molecule has 1 saturated heterocycles. The summed E-state index contributed by atoms with van der Waals surface area (Å²) >= 11 is 0. The molecule has 21 heavy (non-hydrogen) atoms. The summed E-state index contributed by atoms with van der Waals surface area (Å²) in [6.07, 6.45) is 1.73. The lowest BCUT2D eigenvalue weighted by molar-refractivity contribution is 0.122. The summed E-state index contributed by atoms with van der Waals surface area (Å²) in [6, 6.07) is 9.12. The summed E-state index contributed by atoms with van der Waals surface area (Å²) < 4.78 is 6.73. The number of morpholine rings is 1. The van der Waals surface area contributed by atoms with Crippen molar-refractivity contribution in [1.29, 1.82) is 0 Å². The van der Waals surface area contributed by atoms with Gasteiger partial charge in [-0.2, -0.15) is 5.10 Å². The van der Waals surface area contributed by atoms with E-state index in [4.69, 9.17) is 10.5 Å². The first kappa shape index (κ1) is 13.6. The molecule has 1 aliphatic rings. The molecule has 110 valence electrons. The third-order valence-corrected chi connectivity index (χ3v) is 3.61. The van der Waals surface area contributed by atoms with Gasteiger partial charge in [0, 0.05) is 24.8 Å². The summed E-state index contributed by atoms with van der Waals surface area (Å²) in [4.78, 5) is 14.3. The number of para-hydroxylation sites is 1. The molecule has 0 amide bonds. The van der Waals surface area contributed by atoms with Crippen molar-refractivity contribution in [1.82, 2.24) is 9.78 Å². The third kappa shape index (κ3) is 3.05. The van der Waals surface area contributed by atoms with E-state index < -0.39 is 0 Å². The van der Waals surface area contributed by atoms with Gasteiger partial charge in [-0.05, 0) is 11.6 Å². The largest absolute Gasteiger partial charge is 0.398 e. The van der Waals surface area contributed by atoms with Crippen LogP contribution in [-0.4, -0.2) is 36.1 Å². The van der Waals surface area contributed by atoms with Gasteiger partial charge in [0.25, 0.3) is 5.56 Å². The van der Waals surface area contributed by atoms with Gasteiger partial charge in [0.1, 0.15) is 0 Å². The molecule has 2 N–H and O–H groups in total. The van der Waals surface area contributed by atoms with Crippen molar-refractivity contribution in [2.75, 3.05) is 36.9 Å². The predicted octanol–water partition coefficient (Wildman–Crippen LogP) is 0.710. The van der Waals surface area contributed by atoms with Gasteiger partial charge in [0.15, 0.2) is 0 Å². The van der Waals surface area contributed by atoms with Crippen LogP contribution < -0.4 is 16.2 Å². The Morgan fingerprint density at radius 3 is 2.71 bits per heavy atom. The Hall–Kier alpha value is -2.34. The van der Waals surface area contributed by atoms with Gasteiger partial charge in [-0.1, -0.05) is 18.2 Å². The molecule has 1 aromatic carbocycles. The van der Waals surface area contributed by atoms with Crippen LogP contribution in [-0.2, 0) is 11.3 Å². The predicted molar refractivity (Wildman–Crippen MR) is 81.5 cm³/mol. The second-order valence-corrected chi connectivity index (χ2v) is 5.01. The normalized spacial score (nSPS) is 15.1. The second-order valence-electron chi connectivity index (χ2n) is 5.01. The highest BCUT2D eigenvalue weighted by Gasteiger charge is 2.13. The van der Waals surface area contributed by atoms with Crippen molar-refractivity contribution in [2.45, 2.75) is 6.54 Å². The van der Waals surface area contributed by atoms with Crippen molar-refractivity contribution >= 4 is 11.4 Å². The zero-order chi connectivity index (χ0) is 14.7. The molecular weight excluding hydrogens is 268 g/mol. The molecular formula is C15H18N4O2. The molecule has 0 radical (unpaired) electrons. The van der Waals surface area contributed by atoms with E-state index in [0.29, 0.717) is 25.4 Å². The lowest BCUT2D eigenvalue weighted by atomic mass is 10.2.